The summed E-state index contributed by atoms with van der Waals surface area (Å²) in [6.45, 7) is 5.48. The van der Waals surface area contributed by atoms with E-state index >= 15 is 0 Å². The summed E-state index contributed by atoms with van der Waals surface area (Å²) < 4.78 is 32.3. The molecule has 1 heterocycles. The second-order valence-electron chi connectivity index (χ2n) is 4.85. The number of benzene rings is 1. The fraction of sp³-hybridized carbons (Fsp3) is 0.571. The molecule has 0 amide bonds. The van der Waals surface area contributed by atoms with Gasteiger partial charge in [-0.05, 0) is 44.4 Å². The van der Waals surface area contributed by atoms with Gasteiger partial charge in [-0.3, -0.25) is 0 Å². The standard InChI is InChI=1S/C14H21NO3S/c1-3-18-13-11-12(2)7-8-14(13)19(16,17)15-9-5-4-6-10-15/h7-8,11H,3-6,9-10H2,1-2H3. The fourth-order valence-corrected chi connectivity index (χ4v) is 3.97. The largest absolute Gasteiger partial charge is 0.492 e. The summed E-state index contributed by atoms with van der Waals surface area (Å²) in [4.78, 5) is 0.293. The molecule has 0 bridgehead atoms. The number of hydrogen-bond acceptors (Lipinski definition) is 3. The van der Waals surface area contributed by atoms with Gasteiger partial charge in [-0.2, -0.15) is 4.31 Å². The molecule has 106 valence electrons. The minimum atomic E-state index is -3.42. The first kappa shape index (κ1) is 14.3. The Morgan fingerprint density at radius 1 is 1.21 bits per heavy atom. The zero-order chi connectivity index (χ0) is 13.9. The van der Waals surface area contributed by atoms with Crippen molar-refractivity contribution < 1.29 is 13.2 Å². The van der Waals surface area contributed by atoms with Crippen LogP contribution in [-0.2, 0) is 10.0 Å². The minimum Gasteiger partial charge on any atom is -0.492 e. The van der Waals surface area contributed by atoms with Gasteiger partial charge in [0, 0.05) is 13.1 Å². The second kappa shape index (κ2) is 5.92. The van der Waals surface area contributed by atoms with E-state index in [1.54, 1.807) is 16.4 Å². The molecular weight excluding hydrogens is 262 g/mol. The van der Waals surface area contributed by atoms with Crippen LogP contribution < -0.4 is 4.74 Å². The van der Waals surface area contributed by atoms with Crippen LogP contribution in [-0.4, -0.2) is 32.4 Å². The minimum absolute atomic E-state index is 0.293. The molecule has 0 unspecified atom stereocenters. The number of ether oxygens (including phenoxy) is 1. The lowest BCUT2D eigenvalue weighted by atomic mass is 10.2. The smallest absolute Gasteiger partial charge is 0.246 e. The van der Waals surface area contributed by atoms with E-state index in [1.807, 2.05) is 19.9 Å². The van der Waals surface area contributed by atoms with E-state index in [9.17, 15) is 8.42 Å². The van der Waals surface area contributed by atoms with Crippen LogP contribution in [0.2, 0.25) is 0 Å². The third-order valence-corrected chi connectivity index (χ3v) is 5.27. The molecule has 0 spiro atoms. The first-order valence-corrected chi connectivity index (χ1v) is 8.23. The fourth-order valence-electron chi connectivity index (χ4n) is 2.34. The normalized spacial score (nSPS) is 17.4. The van der Waals surface area contributed by atoms with Crippen LogP contribution in [0.25, 0.3) is 0 Å². The average Bonchev–Trinajstić information content (AvgIpc) is 2.40. The third kappa shape index (κ3) is 3.09. The molecule has 2 rings (SSSR count). The summed E-state index contributed by atoms with van der Waals surface area (Å²) in [6, 6.07) is 5.27. The molecule has 0 aromatic heterocycles. The SMILES string of the molecule is CCOc1cc(C)ccc1S(=O)(=O)N1CCCCC1. The van der Waals surface area contributed by atoms with Crippen LogP contribution >= 0.6 is 0 Å². The van der Waals surface area contributed by atoms with Gasteiger partial charge < -0.3 is 4.74 Å². The highest BCUT2D eigenvalue weighted by atomic mass is 32.2. The summed E-state index contributed by atoms with van der Waals surface area (Å²) >= 11 is 0. The van der Waals surface area contributed by atoms with Gasteiger partial charge in [0.15, 0.2) is 0 Å². The summed E-state index contributed by atoms with van der Waals surface area (Å²) in [7, 11) is -3.42. The number of rotatable bonds is 4. The van der Waals surface area contributed by atoms with Crippen LogP contribution in [0.4, 0.5) is 0 Å². The maximum atomic E-state index is 12.6. The zero-order valence-electron chi connectivity index (χ0n) is 11.6. The molecular formula is C14H21NO3S. The van der Waals surface area contributed by atoms with E-state index in [2.05, 4.69) is 0 Å². The molecule has 1 fully saturated rings. The summed E-state index contributed by atoms with van der Waals surface area (Å²) in [5, 5.41) is 0. The van der Waals surface area contributed by atoms with Gasteiger partial charge in [-0.15, -0.1) is 0 Å². The van der Waals surface area contributed by atoms with E-state index in [1.165, 1.54) is 0 Å². The molecule has 1 saturated heterocycles. The van der Waals surface area contributed by atoms with Gasteiger partial charge in [-0.1, -0.05) is 12.5 Å². The molecule has 1 aliphatic rings. The van der Waals surface area contributed by atoms with Crippen molar-refractivity contribution in [2.45, 2.75) is 38.0 Å². The van der Waals surface area contributed by atoms with Gasteiger partial charge in [0.25, 0.3) is 0 Å². The van der Waals surface area contributed by atoms with Crippen molar-refractivity contribution in [3.05, 3.63) is 23.8 Å². The van der Waals surface area contributed by atoms with Crippen molar-refractivity contribution in [3.8, 4) is 5.75 Å². The van der Waals surface area contributed by atoms with Crippen LogP contribution in [0.5, 0.6) is 5.75 Å². The molecule has 1 aromatic rings. The molecule has 19 heavy (non-hydrogen) atoms. The van der Waals surface area contributed by atoms with Gasteiger partial charge in [0.05, 0.1) is 6.61 Å². The van der Waals surface area contributed by atoms with Crippen molar-refractivity contribution in [1.82, 2.24) is 4.31 Å². The summed E-state index contributed by atoms with van der Waals surface area (Å²) in [5.74, 6) is 0.466. The third-order valence-electron chi connectivity index (χ3n) is 3.33. The van der Waals surface area contributed by atoms with Crippen molar-refractivity contribution in [1.29, 1.82) is 0 Å². The van der Waals surface area contributed by atoms with Crippen LogP contribution in [0.15, 0.2) is 23.1 Å². The second-order valence-corrected chi connectivity index (χ2v) is 6.75. The Labute approximate surface area is 115 Å². The van der Waals surface area contributed by atoms with Crippen molar-refractivity contribution >= 4 is 10.0 Å². The Bertz CT molecular complexity index is 534. The highest BCUT2D eigenvalue weighted by Gasteiger charge is 2.28. The highest BCUT2D eigenvalue weighted by Crippen LogP contribution is 2.29. The Balaban J connectivity index is 2.38. The lowest BCUT2D eigenvalue weighted by Gasteiger charge is -2.26. The number of aryl methyl sites for hydroxylation is 1. The Hall–Kier alpha value is -1.07. The van der Waals surface area contributed by atoms with E-state index in [4.69, 9.17) is 4.74 Å². The molecule has 5 heteroatoms. The van der Waals surface area contributed by atoms with Crippen LogP contribution in [0, 0.1) is 6.92 Å². The highest BCUT2D eigenvalue weighted by molar-refractivity contribution is 7.89. The predicted molar refractivity (Wildman–Crippen MR) is 75.0 cm³/mol. The van der Waals surface area contributed by atoms with Gasteiger partial charge in [0.2, 0.25) is 10.0 Å². The van der Waals surface area contributed by atoms with Crippen molar-refractivity contribution in [2.24, 2.45) is 0 Å². The van der Waals surface area contributed by atoms with Gasteiger partial charge >= 0.3 is 0 Å². The molecule has 0 saturated carbocycles. The molecule has 0 radical (unpaired) electrons. The quantitative estimate of drug-likeness (QED) is 0.853. The first-order valence-electron chi connectivity index (χ1n) is 6.79. The molecule has 0 aliphatic carbocycles. The Morgan fingerprint density at radius 3 is 2.53 bits per heavy atom. The molecule has 1 aliphatic heterocycles. The first-order chi connectivity index (χ1) is 9.05. The number of nitrogens with zero attached hydrogens (tertiary/aromatic N) is 1. The van der Waals surface area contributed by atoms with Crippen molar-refractivity contribution in [3.63, 3.8) is 0 Å². The Morgan fingerprint density at radius 2 is 1.89 bits per heavy atom. The lowest BCUT2D eigenvalue weighted by Crippen LogP contribution is -2.35. The summed E-state index contributed by atoms with van der Waals surface area (Å²) in [5.41, 5.74) is 1.00. The van der Waals surface area contributed by atoms with Gasteiger partial charge in [0.1, 0.15) is 10.6 Å². The number of sulfonamides is 1. The monoisotopic (exact) mass is 283 g/mol. The van der Waals surface area contributed by atoms with E-state index in [0.717, 1.165) is 24.8 Å². The molecule has 4 nitrogen and oxygen atoms in total. The van der Waals surface area contributed by atoms with Gasteiger partial charge in [-0.25, -0.2) is 8.42 Å². The van der Waals surface area contributed by atoms with E-state index in [0.29, 0.717) is 30.3 Å². The number of piperidine rings is 1. The topological polar surface area (TPSA) is 46.6 Å². The average molecular weight is 283 g/mol. The number of hydrogen-bond donors (Lipinski definition) is 0. The maximum Gasteiger partial charge on any atom is 0.246 e. The zero-order valence-corrected chi connectivity index (χ0v) is 12.4. The molecule has 0 atom stereocenters. The molecule has 0 N–H and O–H groups in total. The Kier molecular flexibility index (Phi) is 4.47. The van der Waals surface area contributed by atoms with Crippen LogP contribution in [0.3, 0.4) is 0 Å². The maximum absolute atomic E-state index is 12.6. The predicted octanol–water partition coefficient (Wildman–Crippen LogP) is 2.57. The van der Waals surface area contributed by atoms with E-state index in [-0.39, 0.29) is 0 Å². The lowest BCUT2D eigenvalue weighted by molar-refractivity contribution is 0.322. The summed E-state index contributed by atoms with van der Waals surface area (Å²) in [6.07, 6.45) is 2.99. The molecule has 1 aromatic carbocycles. The van der Waals surface area contributed by atoms with Crippen molar-refractivity contribution in [2.75, 3.05) is 19.7 Å². The van der Waals surface area contributed by atoms with Crippen LogP contribution in [0.1, 0.15) is 31.7 Å². The van der Waals surface area contributed by atoms with E-state index < -0.39 is 10.0 Å².